The van der Waals surface area contributed by atoms with E-state index in [1.54, 1.807) is 31.2 Å². The molecule has 8 nitrogen and oxygen atoms in total. The summed E-state index contributed by atoms with van der Waals surface area (Å²) in [6.07, 6.45) is 5.39. The normalized spacial score (nSPS) is 10.4. The second-order valence-electron chi connectivity index (χ2n) is 10.8. The third-order valence-electron chi connectivity index (χ3n) is 7.05. The Balaban J connectivity index is 0.000000234. The summed E-state index contributed by atoms with van der Waals surface area (Å²) in [5.41, 5.74) is 6.41. The lowest BCUT2D eigenvalue weighted by Gasteiger charge is -2.15. The van der Waals surface area contributed by atoms with Crippen molar-refractivity contribution in [3.8, 4) is 12.3 Å². The molecule has 0 spiro atoms. The van der Waals surface area contributed by atoms with Crippen LogP contribution in [0.25, 0.3) is 0 Å². The van der Waals surface area contributed by atoms with Crippen LogP contribution < -0.4 is 21.6 Å². The predicted octanol–water partition coefficient (Wildman–Crippen LogP) is 10.2. The SMILES string of the molecule is C#CCCONC(=O)c1ccc(F)c(F)c1Nc1ccc(Br)cc1C.Cc1cc(Br)ccc1Nc1c(C(=O)NOCc2cccs2)ccc(F)c1F. The van der Waals surface area contributed by atoms with E-state index in [2.05, 4.69) is 59.4 Å². The van der Waals surface area contributed by atoms with Crippen LogP contribution in [0.15, 0.2) is 87.1 Å². The Morgan fingerprint density at radius 1 is 0.750 bits per heavy atom. The highest BCUT2D eigenvalue weighted by molar-refractivity contribution is 9.10. The molecule has 15 heteroatoms. The number of halogens is 6. The second kappa shape index (κ2) is 19.2. The largest absolute Gasteiger partial charge is 0.352 e. The number of hydrogen-bond acceptors (Lipinski definition) is 7. The van der Waals surface area contributed by atoms with Gasteiger partial charge in [-0.25, -0.2) is 28.5 Å². The minimum absolute atomic E-state index is 0.0672. The van der Waals surface area contributed by atoms with E-state index < -0.39 is 35.1 Å². The van der Waals surface area contributed by atoms with Crippen LogP contribution in [0.4, 0.5) is 40.3 Å². The molecule has 0 aliphatic carbocycles. The number of thiophene rings is 1. The first-order chi connectivity index (χ1) is 24.9. The number of hydrogen-bond donors (Lipinski definition) is 4. The molecule has 0 aliphatic rings. The number of carbonyl (C=O) groups excluding carboxylic acids is 2. The summed E-state index contributed by atoms with van der Waals surface area (Å²) in [4.78, 5) is 35.6. The standard InChI is InChI=1S/C19H15BrF2N2O2S.C18H15BrF2N2O2/c1-11-9-12(20)4-7-16(11)23-18-14(5-6-15(21)17(18)22)19(25)24-26-10-13-3-2-8-27-13;1-3-4-9-25-23-18(24)13-6-7-14(20)16(21)17(13)22-15-8-5-12(19)10-11(15)2/h2-9,23H,10H2,1H3,(H,24,25);1,5-8,10,22H,4,9H2,2H3,(H,23,24). The highest BCUT2D eigenvalue weighted by Gasteiger charge is 2.21. The zero-order valence-corrected chi connectivity index (χ0v) is 31.5. The fourth-order valence-corrected chi connectivity index (χ4v) is 6.00. The molecular weight excluding hydrogens is 832 g/mol. The summed E-state index contributed by atoms with van der Waals surface area (Å²) in [7, 11) is 0. The molecule has 4 aromatic carbocycles. The zero-order chi connectivity index (χ0) is 37.8. The highest BCUT2D eigenvalue weighted by Crippen LogP contribution is 2.31. The van der Waals surface area contributed by atoms with E-state index >= 15 is 0 Å². The van der Waals surface area contributed by atoms with E-state index in [0.717, 1.165) is 37.1 Å². The average Bonchev–Trinajstić information content (AvgIpc) is 3.63. The van der Waals surface area contributed by atoms with Gasteiger partial charge in [-0.15, -0.1) is 23.7 Å². The summed E-state index contributed by atoms with van der Waals surface area (Å²) in [5, 5.41) is 7.47. The van der Waals surface area contributed by atoms with Crippen LogP contribution in [0.1, 0.15) is 43.1 Å². The van der Waals surface area contributed by atoms with Crippen molar-refractivity contribution < 1.29 is 36.8 Å². The fraction of sp³-hybridized carbons (Fsp3) is 0.135. The molecule has 2 amide bonds. The second-order valence-corrected chi connectivity index (χ2v) is 13.6. The van der Waals surface area contributed by atoms with E-state index in [1.807, 2.05) is 36.6 Å². The van der Waals surface area contributed by atoms with Crippen LogP contribution in [-0.4, -0.2) is 18.4 Å². The molecule has 0 bridgehead atoms. The number of nitrogens with one attached hydrogen (secondary N) is 4. The maximum Gasteiger partial charge on any atom is 0.277 e. The summed E-state index contributed by atoms with van der Waals surface area (Å²) in [6.45, 7) is 3.91. The number of hydroxylamine groups is 2. The van der Waals surface area contributed by atoms with E-state index in [0.29, 0.717) is 17.8 Å². The lowest BCUT2D eigenvalue weighted by Crippen LogP contribution is -2.25. The molecule has 5 rings (SSSR count). The van der Waals surface area contributed by atoms with Crippen LogP contribution in [0.5, 0.6) is 0 Å². The maximum absolute atomic E-state index is 14.4. The first kappa shape index (κ1) is 40.1. The van der Waals surface area contributed by atoms with Crippen LogP contribution in [-0.2, 0) is 16.3 Å². The third kappa shape index (κ3) is 10.9. The Hall–Kier alpha value is -4.72. The van der Waals surface area contributed by atoms with Crippen molar-refractivity contribution in [1.29, 1.82) is 0 Å². The topological polar surface area (TPSA) is 101 Å². The van der Waals surface area contributed by atoms with Crippen molar-refractivity contribution >= 4 is 77.8 Å². The van der Waals surface area contributed by atoms with Crippen molar-refractivity contribution in [3.63, 3.8) is 0 Å². The van der Waals surface area contributed by atoms with Gasteiger partial charge in [0.1, 0.15) is 6.61 Å². The molecule has 0 atom stereocenters. The van der Waals surface area contributed by atoms with Crippen LogP contribution >= 0.6 is 43.2 Å². The molecule has 1 aromatic heterocycles. The molecule has 270 valence electrons. The molecule has 4 N–H and O–H groups in total. The number of carbonyl (C=O) groups is 2. The van der Waals surface area contributed by atoms with Gasteiger partial charge in [0.25, 0.3) is 11.8 Å². The third-order valence-corrected chi connectivity index (χ3v) is 8.88. The quantitative estimate of drug-likeness (QED) is 0.0432. The van der Waals surface area contributed by atoms with Gasteiger partial charge in [0, 0.05) is 31.6 Å². The van der Waals surface area contributed by atoms with Gasteiger partial charge in [0.2, 0.25) is 0 Å². The lowest BCUT2D eigenvalue weighted by atomic mass is 10.1. The molecule has 1 heterocycles. The average molecular weight is 863 g/mol. The minimum atomic E-state index is -1.15. The maximum atomic E-state index is 14.4. The van der Waals surface area contributed by atoms with E-state index in [9.17, 15) is 27.2 Å². The molecule has 0 radical (unpaired) electrons. The van der Waals surface area contributed by atoms with Crippen molar-refractivity contribution in [3.05, 3.63) is 138 Å². The van der Waals surface area contributed by atoms with Gasteiger partial charge in [-0.3, -0.25) is 19.3 Å². The Bertz CT molecular complexity index is 2100. The Morgan fingerprint density at radius 3 is 1.69 bits per heavy atom. The van der Waals surface area contributed by atoms with Gasteiger partial charge in [0.05, 0.1) is 29.1 Å². The molecular formula is C37H30Br2F4N4O4S. The number of anilines is 4. The molecule has 52 heavy (non-hydrogen) atoms. The Morgan fingerprint density at radius 2 is 1.25 bits per heavy atom. The molecule has 0 fully saturated rings. The highest BCUT2D eigenvalue weighted by atomic mass is 79.9. The first-order valence-corrected chi connectivity index (χ1v) is 17.7. The Labute approximate surface area is 318 Å². The van der Waals surface area contributed by atoms with Crippen LogP contribution in [0.2, 0.25) is 0 Å². The van der Waals surface area contributed by atoms with Gasteiger partial charge in [-0.1, -0.05) is 37.9 Å². The number of terminal acetylenes is 1. The Kier molecular flexibility index (Phi) is 14.8. The summed E-state index contributed by atoms with van der Waals surface area (Å²) in [6, 6.07) is 18.4. The van der Waals surface area contributed by atoms with Gasteiger partial charge in [-0.2, -0.15) is 0 Å². The van der Waals surface area contributed by atoms with E-state index in [-0.39, 0.29) is 35.7 Å². The first-order valence-electron chi connectivity index (χ1n) is 15.2. The number of amides is 2. The smallest absolute Gasteiger partial charge is 0.277 e. The fourth-order valence-electron chi connectivity index (χ4n) is 4.43. The van der Waals surface area contributed by atoms with E-state index in [4.69, 9.17) is 16.1 Å². The van der Waals surface area contributed by atoms with Crippen LogP contribution in [0, 0.1) is 49.5 Å². The van der Waals surface area contributed by atoms with Gasteiger partial charge in [-0.05, 0) is 97.1 Å². The van der Waals surface area contributed by atoms with E-state index in [1.165, 1.54) is 23.5 Å². The lowest BCUT2D eigenvalue weighted by molar-refractivity contribution is 0.0243. The molecule has 0 saturated heterocycles. The van der Waals surface area contributed by atoms with Gasteiger partial charge < -0.3 is 10.6 Å². The zero-order valence-electron chi connectivity index (χ0n) is 27.5. The van der Waals surface area contributed by atoms with Crippen molar-refractivity contribution in [1.82, 2.24) is 11.0 Å². The minimum Gasteiger partial charge on any atom is -0.352 e. The van der Waals surface area contributed by atoms with Crippen molar-refractivity contribution in [2.75, 3.05) is 17.2 Å². The number of benzene rings is 4. The summed E-state index contributed by atoms with van der Waals surface area (Å²) < 4.78 is 57.7. The van der Waals surface area contributed by atoms with Crippen molar-refractivity contribution in [2.45, 2.75) is 26.9 Å². The summed E-state index contributed by atoms with van der Waals surface area (Å²) in [5.74, 6) is -3.45. The summed E-state index contributed by atoms with van der Waals surface area (Å²) >= 11 is 8.16. The van der Waals surface area contributed by atoms with Gasteiger partial charge >= 0.3 is 0 Å². The number of aryl methyl sites for hydroxylation is 2. The van der Waals surface area contributed by atoms with Crippen molar-refractivity contribution in [2.24, 2.45) is 0 Å². The molecule has 0 saturated carbocycles. The van der Waals surface area contributed by atoms with Gasteiger partial charge in [0.15, 0.2) is 23.3 Å². The monoisotopic (exact) mass is 860 g/mol. The van der Waals surface area contributed by atoms with Crippen LogP contribution in [0.3, 0.4) is 0 Å². The molecule has 0 aliphatic heterocycles. The predicted molar refractivity (Wildman–Crippen MR) is 200 cm³/mol. The number of rotatable bonds is 12. The molecule has 0 unspecified atom stereocenters. The molecule has 5 aromatic rings.